The quantitative estimate of drug-likeness (QED) is 0.0504. The van der Waals surface area contributed by atoms with Crippen LogP contribution >= 0.6 is 15.9 Å². The van der Waals surface area contributed by atoms with Crippen molar-refractivity contribution in [2.75, 3.05) is 39.4 Å². The maximum absolute atomic E-state index is 13.5. The lowest BCUT2D eigenvalue weighted by atomic mass is 10.1. The van der Waals surface area contributed by atoms with E-state index in [9.17, 15) is 71.9 Å². The van der Waals surface area contributed by atoms with Crippen molar-refractivity contribution in [3.63, 3.8) is 0 Å². The molecule has 0 atom stereocenters. The standard InChI is InChI=1S/C27H21F6N5O3.C21H16BrF6N5O3/c28-26(29,30)16-41-25-20(17-7-3-1-4-8-17)13-18(14-36-25)23(39)34-11-12-35-24(40)21-15-38(19-9-5-2-6-10-19)37-22(21)27(31,32)33;22-15-8-12(9-31-19(15)36-11-20(23,24)25)17(34)29-6-7-30-18(35)14-10-33(13-4-2-1-3-5-13)32-16(14)21(26,27)28/h1-10,13-15H,11-12,16H2,(H,34,39)(H,35,40);1-5,8-10H,6-7,11H2,(H,29,34)(H,30,35). The first-order valence-corrected chi connectivity index (χ1v) is 22.7. The number of rotatable bonds is 17. The normalized spacial score (nSPS) is 11.7. The Morgan fingerprint density at radius 2 is 0.857 bits per heavy atom. The Morgan fingerprint density at radius 1 is 0.494 bits per heavy atom. The third-order valence-electron chi connectivity index (χ3n) is 9.90. The molecule has 0 saturated heterocycles. The topological polar surface area (TPSA) is 196 Å². The van der Waals surface area contributed by atoms with E-state index in [1.807, 2.05) is 0 Å². The highest BCUT2D eigenvalue weighted by molar-refractivity contribution is 9.10. The molecule has 7 aromatic rings. The molecular weight excluding hydrogens is 1120 g/mol. The zero-order valence-electron chi connectivity index (χ0n) is 38.9. The number of amides is 4. The average Bonchev–Trinajstić information content (AvgIpc) is 4.09. The van der Waals surface area contributed by atoms with E-state index in [1.165, 1.54) is 36.4 Å². The van der Waals surface area contributed by atoms with Crippen LogP contribution in [0.15, 0.2) is 132 Å². The predicted molar refractivity (Wildman–Crippen MR) is 251 cm³/mol. The Kier molecular flexibility index (Phi) is 18.7. The van der Waals surface area contributed by atoms with Gasteiger partial charge in [0.2, 0.25) is 11.8 Å². The van der Waals surface area contributed by atoms with Gasteiger partial charge in [0.15, 0.2) is 24.6 Å². The van der Waals surface area contributed by atoms with Crippen LogP contribution in [0.5, 0.6) is 11.8 Å². The summed E-state index contributed by atoms with van der Waals surface area (Å²) in [4.78, 5) is 57.4. The number of nitrogens with one attached hydrogen (secondary N) is 4. The van der Waals surface area contributed by atoms with Gasteiger partial charge in [-0.05, 0) is 57.9 Å². The predicted octanol–water partition coefficient (Wildman–Crippen LogP) is 9.20. The summed E-state index contributed by atoms with van der Waals surface area (Å²) in [6, 6.07) is 26.5. The number of halogens is 13. The molecule has 29 heteroatoms. The van der Waals surface area contributed by atoms with Crippen LogP contribution in [0, 0.1) is 0 Å². The number of pyridine rings is 2. The zero-order valence-corrected chi connectivity index (χ0v) is 40.5. The summed E-state index contributed by atoms with van der Waals surface area (Å²) in [6.45, 7) is -3.94. The summed E-state index contributed by atoms with van der Waals surface area (Å²) in [5.41, 5.74) is -2.92. The van der Waals surface area contributed by atoms with Gasteiger partial charge < -0.3 is 30.7 Å². The van der Waals surface area contributed by atoms with Gasteiger partial charge in [-0.25, -0.2) is 19.3 Å². The van der Waals surface area contributed by atoms with Crippen LogP contribution in [0.4, 0.5) is 52.7 Å². The molecule has 4 amide bonds. The van der Waals surface area contributed by atoms with Crippen molar-refractivity contribution in [1.29, 1.82) is 0 Å². The second-order valence-electron chi connectivity index (χ2n) is 15.6. The third-order valence-corrected chi connectivity index (χ3v) is 10.5. The van der Waals surface area contributed by atoms with E-state index in [2.05, 4.69) is 62.1 Å². The molecule has 4 heterocycles. The number of benzene rings is 3. The summed E-state index contributed by atoms with van der Waals surface area (Å²) >= 11 is 2.96. The first-order valence-electron chi connectivity index (χ1n) is 21.9. The molecule has 0 radical (unpaired) electrons. The number of nitrogens with zero attached hydrogens (tertiary/aromatic N) is 6. The summed E-state index contributed by atoms with van der Waals surface area (Å²) < 4.78 is 167. The highest BCUT2D eigenvalue weighted by Gasteiger charge is 2.41. The van der Waals surface area contributed by atoms with Crippen LogP contribution in [0.3, 0.4) is 0 Å². The molecule has 406 valence electrons. The van der Waals surface area contributed by atoms with Crippen molar-refractivity contribution < 1.29 is 81.3 Å². The van der Waals surface area contributed by atoms with Gasteiger partial charge in [0.25, 0.3) is 23.6 Å². The molecule has 0 aliphatic carbocycles. The Bertz CT molecular complexity index is 3160. The molecule has 7 rings (SSSR count). The first kappa shape index (κ1) is 57.8. The summed E-state index contributed by atoms with van der Waals surface area (Å²) in [5.74, 6) is -4.16. The number of alkyl halides is 12. The van der Waals surface area contributed by atoms with E-state index in [-0.39, 0.29) is 59.1 Å². The monoisotopic (exact) mass is 1160 g/mol. The van der Waals surface area contributed by atoms with Gasteiger partial charge in [-0.1, -0.05) is 66.7 Å². The molecule has 0 spiro atoms. The molecular formula is C48H37BrF12N10O6. The van der Waals surface area contributed by atoms with E-state index in [0.29, 0.717) is 16.9 Å². The van der Waals surface area contributed by atoms with Crippen LogP contribution in [-0.4, -0.2) is 105 Å². The Hall–Kier alpha value is -8.50. The van der Waals surface area contributed by atoms with Crippen molar-refractivity contribution in [1.82, 2.24) is 50.8 Å². The van der Waals surface area contributed by atoms with Gasteiger partial charge in [-0.15, -0.1) is 0 Å². The van der Waals surface area contributed by atoms with Crippen LogP contribution in [0.1, 0.15) is 52.8 Å². The molecule has 3 aromatic carbocycles. The van der Waals surface area contributed by atoms with Gasteiger partial charge in [-0.3, -0.25) is 19.2 Å². The number of para-hydroxylation sites is 2. The van der Waals surface area contributed by atoms with Crippen molar-refractivity contribution >= 4 is 39.6 Å². The summed E-state index contributed by atoms with van der Waals surface area (Å²) in [5, 5.41) is 16.5. The second-order valence-corrected chi connectivity index (χ2v) is 16.5. The fourth-order valence-corrected chi connectivity index (χ4v) is 6.96. The fraction of sp³-hybridized carbons (Fsp3) is 0.208. The van der Waals surface area contributed by atoms with Crippen LogP contribution in [0.25, 0.3) is 22.5 Å². The molecule has 0 unspecified atom stereocenters. The third kappa shape index (κ3) is 16.7. The maximum atomic E-state index is 13.5. The van der Waals surface area contributed by atoms with Gasteiger partial charge >= 0.3 is 24.7 Å². The van der Waals surface area contributed by atoms with Gasteiger partial charge in [0.1, 0.15) is 0 Å². The molecule has 77 heavy (non-hydrogen) atoms. The maximum Gasteiger partial charge on any atom is 0.435 e. The molecule has 16 nitrogen and oxygen atoms in total. The minimum absolute atomic E-state index is 0.00260. The molecule has 4 aromatic heterocycles. The van der Waals surface area contributed by atoms with E-state index >= 15 is 0 Å². The van der Waals surface area contributed by atoms with E-state index in [1.54, 1.807) is 66.7 Å². The first-order chi connectivity index (χ1) is 36.3. The number of hydrogen-bond acceptors (Lipinski definition) is 10. The summed E-state index contributed by atoms with van der Waals surface area (Å²) in [6.07, 6.45) is -15.0. The smallest absolute Gasteiger partial charge is 0.435 e. The number of carbonyl (C=O) groups excluding carboxylic acids is 4. The molecule has 4 N–H and O–H groups in total. The highest BCUT2D eigenvalue weighted by atomic mass is 79.9. The SMILES string of the molecule is O=C(NCCNC(=O)c1cn(-c2ccccc2)nc1C(F)(F)F)c1cnc(OCC(F)(F)F)c(-c2ccccc2)c1.O=C(NCCNC(=O)c1cn(-c2ccccc2)nc1C(F)(F)F)c1cnc(OCC(F)(F)F)c(Br)c1. The van der Waals surface area contributed by atoms with Crippen LogP contribution in [-0.2, 0) is 12.4 Å². The van der Waals surface area contributed by atoms with E-state index in [0.717, 1.165) is 34.2 Å². The van der Waals surface area contributed by atoms with E-state index < -0.39 is 84.1 Å². The lowest BCUT2D eigenvalue weighted by Crippen LogP contribution is -2.35. The number of ether oxygens (including phenoxy) is 2. The molecule has 0 saturated carbocycles. The summed E-state index contributed by atoms with van der Waals surface area (Å²) in [7, 11) is 0. The van der Waals surface area contributed by atoms with E-state index in [4.69, 9.17) is 4.74 Å². The molecule has 0 fully saturated rings. The Labute approximate surface area is 434 Å². The highest BCUT2D eigenvalue weighted by Crippen LogP contribution is 2.34. The lowest BCUT2D eigenvalue weighted by molar-refractivity contribution is -0.154. The molecule has 0 aliphatic rings. The second kappa shape index (κ2) is 24.9. The van der Waals surface area contributed by atoms with Crippen molar-refractivity contribution in [2.24, 2.45) is 0 Å². The van der Waals surface area contributed by atoms with Gasteiger partial charge in [-0.2, -0.15) is 62.9 Å². The van der Waals surface area contributed by atoms with Crippen molar-refractivity contribution in [3.05, 3.63) is 166 Å². The lowest BCUT2D eigenvalue weighted by Gasteiger charge is -2.14. The van der Waals surface area contributed by atoms with Crippen LogP contribution in [0.2, 0.25) is 0 Å². The molecule has 0 aliphatic heterocycles. The fourth-order valence-electron chi connectivity index (χ4n) is 6.50. The van der Waals surface area contributed by atoms with Gasteiger partial charge in [0.05, 0.1) is 38.1 Å². The number of carbonyl (C=O) groups is 4. The minimum atomic E-state index is -4.89. The van der Waals surface area contributed by atoms with Gasteiger partial charge in [0, 0.05) is 56.5 Å². The molecule has 0 bridgehead atoms. The van der Waals surface area contributed by atoms with Crippen molar-refractivity contribution in [2.45, 2.75) is 24.7 Å². The Morgan fingerprint density at radius 3 is 1.25 bits per heavy atom. The number of aromatic nitrogens is 6. The largest absolute Gasteiger partial charge is 0.468 e. The minimum Gasteiger partial charge on any atom is -0.468 e. The Balaban J connectivity index is 0.000000252. The number of hydrogen-bond donors (Lipinski definition) is 4. The van der Waals surface area contributed by atoms with Crippen LogP contribution < -0.4 is 30.7 Å². The zero-order chi connectivity index (χ0) is 56.1. The van der Waals surface area contributed by atoms with Crippen molar-refractivity contribution in [3.8, 4) is 34.3 Å². The average molecular weight is 1160 g/mol.